The van der Waals surface area contributed by atoms with E-state index in [9.17, 15) is 0 Å². The van der Waals surface area contributed by atoms with Gasteiger partial charge in [-0.25, -0.2) is 0 Å². The molecule has 0 radical (unpaired) electrons. The maximum Gasteiger partial charge on any atom is 0.119 e. The van der Waals surface area contributed by atoms with Crippen LogP contribution in [-0.2, 0) is 6.42 Å². The molecule has 1 aromatic heterocycles. The second-order valence-electron chi connectivity index (χ2n) is 6.98. The Bertz CT molecular complexity index is 1030. The van der Waals surface area contributed by atoms with Crippen LogP contribution in [0.25, 0.3) is 23.1 Å². The summed E-state index contributed by atoms with van der Waals surface area (Å²) < 4.78 is 5.88. The third kappa shape index (κ3) is 4.72. The van der Waals surface area contributed by atoms with Crippen LogP contribution < -0.4 is 4.74 Å². The molecule has 0 spiro atoms. The molecule has 0 amide bonds. The minimum absolute atomic E-state index is 0.761. The molecule has 28 heavy (non-hydrogen) atoms. The molecule has 1 heterocycles. The van der Waals surface area contributed by atoms with Crippen LogP contribution in [0.4, 0.5) is 0 Å². The Morgan fingerprint density at radius 3 is 2.46 bits per heavy atom. The van der Waals surface area contributed by atoms with Gasteiger partial charge in [-0.1, -0.05) is 66.7 Å². The quantitative estimate of drug-likeness (QED) is 0.271. The van der Waals surface area contributed by atoms with Crippen molar-refractivity contribution in [1.29, 1.82) is 0 Å². The number of hydrogen-bond acceptors (Lipinski definition) is 1. The third-order valence-electron chi connectivity index (χ3n) is 4.94. The van der Waals surface area contributed by atoms with Crippen molar-refractivity contribution in [1.82, 2.24) is 4.98 Å². The number of rotatable bonds is 8. The molecular formula is C26H25NO. The van der Waals surface area contributed by atoms with Gasteiger partial charge in [0.1, 0.15) is 5.75 Å². The summed E-state index contributed by atoms with van der Waals surface area (Å²) in [5, 5.41) is 1.24. The first-order valence-electron chi connectivity index (χ1n) is 9.89. The zero-order valence-electron chi connectivity index (χ0n) is 16.0. The maximum atomic E-state index is 5.88. The summed E-state index contributed by atoms with van der Waals surface area (Å²) in [7, 11) is 0. The van der Waals surface area contributed by atoms with Crippen molar-refractivity contribution in [2.45, 2.75) is 19.3 Å². The molecule has 2 heteroatoms. The first kappa shape index (κ1) is 18.1. The molecule has 0 fully saturated rings. The zero-order valence-corrected chi connectivity index (χ0v) is 16.0. The van der Waals surface area contributed by atoms with Crippen LogP contribution in [-0.4, -0.2) is 11.6 Å². The van der Waals surface area contributed by atoms with E-state index in [0.29, 0.717) is 0 Å². The third-order valence-corrected chi connectivity index (χ3v) is 4.94. The van der Waals surface area contributed by atoms with Crippen molar-refractivity contribution in [2.75, 3.05) is 6.61 Å². The molecule has 4 rings (SSSR count). The topological polar surface area (TPSA) is 25.0 Å². The number of benzene rings is 3. The van der Waals surface area contributed by atoms with Crippen molar-refractivity contribution >= 4 is 23.1 Å². The van der Waals surface area contributed by atoms with Crippen LogP contribution in [0.1, 0.15) is 29.5 Å². The largest absolute Gasteiger partial charge is 0.494 e. The predicted octanol–water partition coefficient (Wildman–Crippen LogP) is 6.74. The first-order valence-corrected chi connectivity index (χ1v) is 9.89. The zero-order chi connectivity index (χ0) is 19.0. The summed E-state index contributed by atoms with van der Waals surface area (Å²) in [6.45, 7) is 0.761. The Balaban J connectivity index is 1.26. The summed E-state index contributed by atoms with van der Waals surface area (Å²) in [4.78, 5) is 3.25. The van der Waals surface area contributed by atoms with E-state index < -0.39 is 0 Å². The van der Waals surface area contributed by atoms with E-state index in [1.165, 1.54) is 22.1 Å². The lowest BCUT2D eigenvalue weighted by Crippen LogP contribution is -1.98. The van der Waals surface area contributed by atoms with Gasteiger partial charge in [0, 0.05) is 17.1 Å². The molecule has 1 N–H and O–H groups in total. The second-order valence-corrected chi connectivity index (χ2v) is 6.98. The number of aromatic amines is 1. The number of aromatic nitrogens is 1. The predicted molar refractivity (Wildman–Crippen MR) is 119 cm³/mol. The minimum atomic E-state index is 0.761. The normalized spacial score (nSPS) is 11.3. The number of ether oxygens (including phenoxy) is 1. The van der Waals surface area contributed by atoms with E-state index in [-0.39, 0.29) is 0 Å². The van der Waals surface area contributed by atoms with Crippen LogP contribution in [0.15, 0.2) is 85.1 Å². The lowest BCUT2D eigenvalue weighted by molar-refractivity contribution is 0.307. The minimum Gasteiger partial charge on any atom is -0.494 e. The SMILES string of the molecule is C(=C\c1cccc2[nH]ccc12)/c1ccc(OCCCCc2ccccc2)cc1. The molecule has 0 bridgehead atoms. The molecule has 140 valence electrons. The van der Waals surface area contributed by atoms with Gasteiger partial charge in [-0.2, -0.15) is 0 Å². The van der Waals surface area contributed by atoms with Gasteiger partial charge in [-0.05, 0) is 60.2 Å². The Morgan fingerprint density at radius 1 is 0.750 bits per heavy atom. The Morgan fingerprint density at radius 2 is 1.61 bits per heavy atom. The fourth-order valence-corrected chi connectivity index (χ4v) is 3.38. The van der Waals surface area contributed by atoms with Gasteiger partial charge in [0.25, 0.3) is 0 Å². The first-order chi connectivity index (χ1) is 13.9. The molecule has 0 saturated carbocycles. The van der Waals surface area contributed by atoms with Gasteiger partial charge in [-0.15, -0.1) is 0 Å². The van der Waals surface area contributed by atoms with Crippen molar-refractivity contribution in [3.63, 3.8) is 0 Å². The average molecular weight is 367 g/mol. The summed E-state index contributed by atoms with van der Waals surface area (Å²) >= 11 is 0. The van der Waals surface area contributed by atoms with Gasteiger partial charge < -0.3 is 9.72 Å². The number of aryl methyl sites for hydroxylation is 1. The van der Waals surface area contributed by atoms with E-state index >= 15 is 0 Å². The number of fused-ring (bicyclic) bond motifs is 1. The van der Waals surface area contributed by atoms with Crippen LogP contribution in [0, 0.1) is 0 Å². The van der Waals surface area contributed by atoms with Crippen molar-refractivity contribution in [3.05, 3.63) is 102 Å². The number of unbranched alkanes of at least 4 members (excludes halogenated alkanes) is 1. The highest BCUT2D eigenvalue weighted by Gasteiger charge is 1.99. The Kier molecular flexibility index (Phi) is 5.89. The summed E-state index contributed by atoms with van der Waals surface area (Å²) in [5.41, 5.74) is 4.95. The monoisotopic (exact) mass is 367 g/mol. The highest BCUT2D eigenvalue weighted by atomic mass is 16.5. The Labute approximate surface area is 166 Å². The number of H-pyrrole nitrogens is 1. The lowest BCUT2D eigenvalue weighted by Gasteiger charge is -2.06. The maximum absolute atomic E-state index is 5.88. The second kappa shape index (κ2) is 9.09. The molecule has 4 aromatic rings. The molecule has 2 nitrogen and oxygen atoms in total. The fourth-order valence-electron chi connectivity index (χ4n) is 3.38. The molecule has 0 unspecified atom stereocenters. The smallest absolute Gasteiger partial charge is 0.119 e. The van der Waals surface area contributed by atoms with Crippen LogP contribution >= 0.6 is 0 Å². The average Bonchev–Trinajstić information content (AvgIpc) is 3.23. The van der Waals surface area contributed by atoms with Crippen molar-refractivity contribution in [3.8, 4) is 5.75 Å². The lowest BCUT2D eigenvalue weighted by atomic mass is 10.1. The Hall–Kier alpha value is -3.26. The van der Waals surface area contributed by atoms with Crippen molar-refractivity contribution < 1.29 is 4.74 Å². The molecular weight excluding hydrogens is 342 g/mol. The van der Waals surface area contributed by atoms with E-state index in [2.05, 4.69) is 83.9 Å². The molecule has 0 aliphatic rings. The van der Waals surface area contributed by atoms with Gasteiger partial charge in [0.2, 0.25) is 0 Å². The summed E-state index contributed by atoms with van der Waals surface area (Å²) in [6, 6.07) is 27.4. The number of hydrogen-bond donors (Lipinski definition) is 1. The van der Waals surface area contributed by atoms with Gasteiger partial charge in [0.05, 0.1) is 6.61 Å². The highest BCUT2D eigenvalue weighted by Crippen LogP contribution is 2.20. The molecule has 0 aliphatic heterocycles. The van der Waals surface area contributed by atoms with Crippen LogP contribution in [0.3, 0.4) is 0 Å². The van der Waals surface area contributed by atoms with Crippen molar-refractivity contribution in [2.24, 2.45) is 0 Å². The molecule has 0 aliphatic carbocycles. The van der Waals surface area contributed by atoms with E-state index in [4.69, 9.17) is 4.74 Å². The highest BCUT2D eigenvalue weighted by molar-refractivity contribution is 5.91. The molecule has 3 aromatic carbocycles. The van der Waals surface area contributed by atoms with Crippen LogP contribution in [0.5, 0.6) is 5.75 Å². The van der Waals surface area contributed by atoms with E-state index in [0.717, 1.165) is 37.1 Å². The fraction of sp³-hybridized carbons (Fsp3) is 0.154. The summed E-state index contributed by atoms with van der Waals surface area (Å²) in [6.07, 6.45) is 9.61. The van der Waals surface area contributed by atoms with Crippen LogP contribution in [0.2, 0.25) is 0 Å². The molecule has 0 saturated heterocycles. The molecule has 0 atom stereocenters. The number of nitrogens with one attached hydrogen (secondary N) is 1. The van der Waals surface area contributed by atoms with Gasteiger partial charge >= 0.3 is 0 Å². The van der Waals surface area contributed by atoms with E-state index in [1.807, 2.05) is 18.3 Å². The van der Waals surface area contributed by atoms with Gasteiger partial charge in [-0.3, -0.25) is 0 Å². The van der Waals surface area contributed by atoms with E-state index in [1.54, 1.807) is 0 Å². The van der Waals surface area contributed by atoms with Gasteiger partial charge in [0.15, 0.2) is 0 Å². The standard InChI is InChI=1S/C26H25NO/c1-2-7-21(8-3-1)9-4-5-20-28-24-16-13-22(14-17-24)12-15-23-10-6-11-26-25(23)18-19-27-26/h1-3,6-8,10-19,27H,4-5,9,20H2/b15-12+. The summed E-state index contributed by atoms with van der Waals surface area (Å²) in [5.74, 6) is 0.935.